The maximum absolute atomic E-state index is 15.2. The maximum Gasteiger partial charge on any atom is 0.341 e. The Morgan fingerprint density at radius 3 is 2.90 bits per heavy atom. The van der Waals surface area contributed by atoms with Crippen molar-refractivity contribution < 1.29 is 19.0 Å². The van der Waals surface area contributed by atoms with E-state index >= 15 is 4.39 Å². The molecule has 2 aromatic carbocycles. The van der Waals surface area contributed by atoms with E-state index in [-0.39, 0.29) is 34.9 Å². The molecule has 0 spiro atoms. The molecule has 0 radical (unpaired) electrons. The van der Waals surface area contributed by atoms with Crippen molar-refractivity contribution >= 4 is 27.6 Å². The molecule has 5 rings (SSSR count). The summed E-state index contributed by atoms with van der Waals surface area (Å²) in [5, 5.41) is 11.2. The van der Waals surface area contributed by atoms with Crippen LogP contribution in [0, 0.1) is 5.82 Å². The summed E-state index contributed by atoms with van der Waals surface area (Å²) < 4.78 is 22.8. The number of aromatic carboxylic acids is 1. The first-order chi connectivity index (χ1) is 14.0. The van der Waals surface area contributed by atoms with Gasteiger partial charge < -0.3 is 14.4 Å². The second-order valence-corrected chi connectivity index (χ2v) is 7.14. The SMILES string of the molecule is C[C@H]1COc2c(-c3ccc4cnccc4c3)c(F)cc3c(=O)c(C(=O)O)cn1c23. The monoisotopic (exact) mass is 390 g/mol. The average Bonchev–Trinajstić information content (AvgIpc) is 2.71. The first-order valence-electron chi connectivity index (χ1n) is 9.07. The molecule has 144 valence electrons. The van der Waals surface area contributed by atoms with Crippen molar-refractivity contribution in [1.82, 2.24) is 9.55 Å². The van der Waals surface area contributed by atoms with Crippen LogP contribution in [0.4, 0.5) is 4.39 Å². The molecule has 7 heteroatoms. The number of nitrogens with zero attached hydrogens (tertiary/aromatic N) is 2. The van der Waals surface area contributed by atoms with Crippen LogP contribution in [-0.2, 0) is 0 Å². The van der Waals surface area contributed by atoms with Crippen molar-refractivity contribution in [3.8, 4) is 16.9 Å². The van der Waals surface area contributed by atoms with Gasteiger partial charge in [0.05, 0.1) is 22.5 Å². The van der Waals surface area contributed by atoms with Gasteiger partial charge in [-0.25, -0.2) is 9.18 Å². The smallest absolute Gasteiger partial charge is 0.341 e. The standard InChI is InChI=1S/C22H15FN2O4/c1-11-10-29-21-18(13-2-3-14-8-24-5-4-12(14)6-13)17(23)7-15-19(21)25(11)9-16(20(15)26)22(27)28/h2-9,11H,10H2,1H3,(H,27,28)/t11-/m0/s1. The Labute approximate surface area is 163 Å². The largest absolute Gasteiger partial charge is 0.488 e. The van der Waals surface area contributed by atoms with Gasteiger partial charge in [0, 0.05) is 24.0 Å². The Morgan fingerprint density at radius 1 is 1.28 bits per heavy atom. The van der Waals surface area contributed by atoms with Gasteiger partial charge in [-0.15, -0.1) is 0 Å². The van der Waals surface area contributed by atoms with Gasteiger partial charge in [0.2, 0.25) is 5.43 Å². The van der Waals surface area contributed by atoms with Crippen molar-refractivity contribution in [3.05, 3.63) is 70.5 Å². The van der Waals surface area contributed by atoms with Gasteiger partial charge in [-0.1, -0.05) is 12.1 Å². The highest BCUT2D eigenvalue weighted by molar-refractivity contribution is 5.99. The summed E-state index contributed by atoms with van der Waals surface area (Å²) in [6, 6.07) is 8.21. The van der Waals surface area contributed by atoms with Crippen LogP contribution in [0.1, 0.15) is 23.3 Å². The minimum Gasteiger partial charge on any atom is -0.488 e. The van der Waals surface area contributed by atoms with Gasteiger partial charge in [-0.05, 0) is 36.1 Å². The second-order valence-electron chi connectivity index (χ2n) is 7.14. The highest BCUT2D eigenvalue weighted by Crippen LogP contribution is 2.42. The van der Waals surface area contributed by atoms with Crippen molar-refractivity contribution in [1.29, 1.82) is 0 Å². The molecule has 0 unspecified atom stereocenters. The summed E-state index contributed by atoms with van der Waals surface area (Å²) in [7, 11) is 0. The van der Waals surface area contributed by atoms with Gasteiger partial charge in [0.15, 0.2) is 5.75 Å². The Kier molecular flexibility index (Phi) is 3.67. The third-order valence-electron chi connectivity index (χ3n) is 5.33. The number of carboxylic acid groups (broad SMARTS) is 1. The lowest BCUT2D eigenvalue weighted by molar-refractivity contribution is 0.0694. The Balaban J connectivity index is 1.89. The minimum absolute atomic E-state index is 0.00214. The van der Waals surface area contributed by atoms with Crippen LogP contribution in [-0.4, -0.2) is 27.2 Å². The van der Waals surface area contributed by atoms with E-state index in [0.29, 0.717) is 11.1 Å². The van der Waals surface area contributed by atoms with E-state index in [0.717, 1.165) is 16.8 Å². The van der Waals surface area contributed by atoms with Crippen molar-refractivity contribution in [2.75, 3.05) is 6.61 Å². The van der Waals surface area contributed by atoms with Crippen LogP contribution in [0.2, 0.25) is 0 Å². The number of rotatable bonds is 2. The number of hydrogen-bond donors (Lipinski definition) is 1. The number of hydrogen-bond acceptors (Lipinski definition) is 4. The van der Waals surface area contributed by atoms with E-state index in [1.807, 2.05) is 25.1 Å². The lowest BCUT2D eigenvalue weighted by Gasteiger charge is -2.28. The van der Waals surface area contributed by atoms with Gasteiger partial charge in [0.1, 0.15) is 18.0 Å². The molecule has 1 aliphatic heterocycles. The average molecular weight is 390 g/mol. The highest BCUT2D eigenvalue weighted by Gasteiger charge is 2.28. The van der Waals surface area contributed by atoms with Crippen molar-refractivity contribution in [2.24, 2.45) is 0 Å². The van der Waals surface area contributed by atoms with E-state index in [4.69, 9.17) is 4.74 Å². The maximum atomic E-state index is 15.2. The van der Waals surface area contributed by atoms with Crippen LogP contribution in [0.5, 0.6) is 5.75 Å². The first-order valence-corrected chi connectivity index (χ1v) is 9.07. The van der Waals surface area contributed by atoms with E-state index < -0.39 is 17.2 Å². The minimum atomic E-state index is -1.34. The summed E-state index contributed by atoms with van der Waals surface area (Å²) >= 11 is 0. The van der Waals surface area contributed by atoms with Crippen LogP contribution in [0.25, 0.3) is 32.8 Å². The van der Waals surface area contributed by atoms with Crippen LogP contribution < -0.4 is 10.2 Å². The van der Waals surface area contributed by atoms with E-state index in [1.54, 1.807) is 23.0 Å². The molecule has 0 amide bonds. The number of ether oxygens (including phenoxy) is 1. The summed E-state index contributed by atoms with van der Waals surface area (Å²) in [4.78, 5) is 28.3. The molecule has 0 saturated carbocycles. The van der Waals surface area contributed by atoms with Gasteiger partial charge in [-0.3, -0.25) is 9.78 Å². The molecule has 0 aliphatic carbocycles. The summed E-state index contributed by atoms with van der Waals surface area (Å²) in [5.41, 5.74) is 0.151. The second kappa shape index (κ2) is 6.13. The van der Waals surface area contributed by atoms with E-state index in [2.05, 4.69) is 4.98 Å². The topological polar surface area (TPSA) is 81.4 Å². The third kappa shape index (κ3) is 2.51. The Bertz CT molecular complexity index is 1390. The van der Waals surface area contributed by atoms with Gasteiger partial charge >= 0.3 is 5.97 Å². The Morgan fingerprint density at radius 2 is 2.10 bits per heavy atom. The highest BCUT2D eigenvalue weighted by atomic mass is 19.1. The molecule has 6 nitrogen and oxygen atoms in total. The van der Waals surface area contributed by atoms with Crippen molar-refractivity contribution in [3.63, 3.8) is 0 Å². The number of fused-ring (bicyclic) bond motifs is 1. The predicted molar refractivity (Wildman–Crippen MR) is 106 cm³/mol. The quantitative estimate of drug-likeness (QED) is 0.559. The molecule has 4 aromatic rings. The number of benzene rings is 2. The summed E-state index contributed by atoms with van der Waals surface area (Å²) in [6.07, 6.45) is 4.71. The fraction of sp³-hybridized carbons (Fsp3) is 0.136. The van der Waals surface area contributed by atoms with Crippen LogP contribution in [0.3, 0.4) is 0 Å². The number of halogens is 1. The molecule has 29 heavy (non-hydrogen) atoms. The lowest BCUT2D eigenvalue weighted by Crippen LogP contribution is -2.27. The lowest BCUT2D eigenvalue weighted by atomic mass is 9.97. The first kappa shape index (κ1) is 17.4. The molecular weight excluding hydrogens is 375 g/mol. The molecule has 2 aromatic heterocycles. The molecule has 0 fully saturated rings. The normalized spacial score (nSPS) is 15.4. The molecule has 1 aliphatic rings. The molecule has 1 atom stereocenters. The molecule has 0 bridgehead atoms. The number of carboxylic acids is 1. The zero-order chi connectivity index (χ0) is 20.3. The molecule has 3 heterocycles. The van der Waals surface area contributed by atoms with Gasteiger partial charge in [0.25, 0.3) is 0 Å². The Hall–Kier alpha value is -3.74. The van der Waals surface area contributed by atoms with Gasteiger partial charge in [-0.2, -0.15) is 0 Å². The number of aromatic nitrogens is 2. The third-order valence-corrected chi connectivity index (χ3v) is 5.33. The van der Waals surface area contributed by atoms with Crippen LogP contribution in [0.15, 0.2) is 53.7 Å². The molecular formula is C22H15FN2O4. The van der Waals surface area contributed by atoms with E-state index in [1.165, 1.54) is 6.20 Å². The predicted octanol–water partition coefficient (Wildman–Crippen LogP) is 4.01. The van der Waals surface area contributed by atoms with Crippen molar-refractivity contribution in [2.45, 2.75) is 13.0 Å². The zero-order valence-electron chi connectivity index (χ0n) is 15.3. The molecule has 0 saturated heterocycles. The fourth-order valence-corrected chi connectivity index (χ4v) is 3.89. The number of carbonyl (C=O) groups is 1. The van der Waals surface area contributed by atoms with Crippen LogP contribution >= 0.6 is 0 Å². The summed E-state index contributed by atoms with van der Waals surface area (Å²) in [5.74, 6) is -1.73. The van der Waals surface area contributed by atoms with E-state index in [9.17, 15) is 14.7 Å². The number of pyridine rings is 2. The zero-order valence-corrected chi connectivity index (χ0v) is 15.3. The summed E-state index contributed by atoms with van der Waals surface area (Å²) in [6.45, 7) is 2.09. The molecule has 1 N–H and O–H groups in total. The fourth-order valence-electron chi connectivity index (χ4n) is 3.89.